The monoisotopic (exact) mass is 455 g/mol. The summed E-state index contributed by atoms with van der Waals surface area (Å²) in [6.07, 6.45) is 0. The fourth-order valence-corrected chi connectivity index (χ4v) is 3.70. The molecule has 1 aliphatic rings. The maximum absolute atomic E-state index is 12.6. The van der Waals surface area contributed by atoms with Gasteiger partial charge in [0.1, 0.15) is 11.0 Å². The van der Waals surface area contributed by atoms with Crippen molar-refractivity contribution >= 4 is 39.3 Å². The van der Waals surface area contributed by atoms with Crippen molar-refractivity contribution < 1.29 is 9.72 Å². The molecule has 1 aliphatic heterocycles. The number of nitro groups is 1. The van der Waals surface area contributed by atoms with Crippen LogP contribution >= 0.6 is 27.5 Å². The summed E-state index contributed by atoms with van der Waals surface area (Å²) in [5.41, 5.74) is 1.71. The molecule has 27 heavy (non-hydrogen) atoms. The third-order valence-electron chi connectivity index (χ3n) is 4.59. The van der Waals surface area contributed by atoms with Crippen LogP contribution in [0.2, 0.25) is 5.02 Å². The van der Waals surface area contributed by atoms with Crippen LogP contribution in [0.3, 0.4) is 0 Å². The summed E-state index contributed by atoms with van der Waals surface area (Å²) >= 11 is 9.19. The SMILES string of the molecule is Cc1c(Br)c([N+](=O)[O-])nn1CC(=O)N1CCN(Cc2cccc(Cl)c2)CC1. The van der Waals surface area contributed by atoms with Crippen molar-refractivity contribution in [2.45, 2.75) is 20.0 Å². The van der Waals surface area contributed by atoms with Crippen LogP contribution in [-0.4, -0.2) is 56.6 Å². The Kier molecular flexibility index (Phi) is 6.13. The van der Waals surface area contributed by atoms with Gasteiger partial charge in [-0.25, -0.2) is 0 Å². The number of hydrogen-bond donors (Lipinski definition) is 0. The Morgan fingerprint density at radius 1 is 1.33 bits per heavy atom. The summed E-state index contributed by atoms with van der Waals surface area (Å²) in [5.74, 6) is -0.364. The van der Waals surface area contributed by atoms with Crippen LogP contribution < -0.4 is 0 Å². The molecule has 10 heteroatoms. The molecule has 0 spiro atoms. The lowest BCUT2D eigenvalue weighted by Gasteiger charge is -2.34. The highest BCUT2D eigenvalue weighted by Crippen LogP contribution is 2.27. The molecule has 1 aromatic heterocycles. The Hall–Kier alpha value is -1.97. The number of carbonyl (C=O) groups excluding carboxylic acids is 1. The molecular weight excluding hydrogens is 438 g/mol. The van der Waals surface area contributed by atoms with Gasteiger partial charge in [0.25, 0.3) is 0 Å². The molecule has 0 N–H and O–H groups in total. The molecule has 2 aromatic rings. The minimum atomic E-state index is -0.563. The highest BCUT2D eigenvalue weighted by Gasteiger charge is 2.27. The standard InChI is InChI=1S/C17H19BrClN5O3/c1-12-16(18)17(24(26)27)20-23(12)11-15(25)22-7-5-21(6-8-22)10-13-3-2-4-14(19)9-13/h2-4,9H,5-8,10-11H2,1H3. The second-order valence-corrected chi connectivity index (χ2v) is 7.65. The van der Waals surface area contributed by atoms with Crippen molar-refractivity contribution in [3.63, 3.8) is 0 Å². The largest absolute Gasteiger partial charge is 0.404 e. The molecule has 3 rings (SSSR count). The molecule has 8 nitrogen and oxygen atoms in total. The molecule has 0 bridgehead atoms. The predicted molar refractivity (Wildman–Crippen MR) is 105 cm³/mol. The van der Waals surface area contributed by atoms with Crippen molar-refractivity contribution in [1.82, 2.24) is 19.6 Å². The van der Waals surface area contributed by atoms with E-state index in [0.29, 0.717) is 23.3 Å². The van der Waals surface area contributed by atoms with Crippen LogP contribution in [0.25, 0.3) is 0 Å². The first-order valence-corrected chi connectivity index (χ1v) is 9.64. The number of benzene rings is 1. The zero-order chi connectivity index (χ0) is 19.6. The van der Waals surface area contributed by atoms with E-state index >= 15 is 0 Å². The molecule has 0 radical (unpaired) electrons. The fraction of sp³-hybridized carbons (Fsp3) is 0.412. The lowest BCUT2D eigenvalue weighted by atomic mass is 10.2. The highest BCUT2D eigenvalue weighted by molar-refractivity contribution is 9.10. The van der Waals surface area contributed by atoms with E-state index in [1.165, 1.54) is 4.68 Å². The van der Waals surface area contributed by atoms with Crippen LogP contribution in [0.1, 0.15) is 11.3 Å². The molecule has 0 atom stereocenters. The summed E-state index contributed by atoms with van der Waals surface area (Å²) in [4.78, 5) is 27.0. The fourth-order valence-electron chi connectivity index (χ4n) is 3.06. The molecule has 0 unspecified atom stereocenters. The van der Waals surface area contributed by atoms with Gasteiger partial charge in [-0.2, -0.15) is 4.68 Å². The third kappa shape index (κ3) is 4.66. The maximum Gasteiger partial charge on any atom is 0.404 e. The van der Waals surface area contributed by atoms with E-state index in [2.05, 4.69) is 25.9 Å². The Morgan fingerprint density at radius 3 is 2.63 bits per heavy atom. The van der Waals surface area contributed by atoms with Gasteiger partial charge in [-0.05, 0) is 45.5 Å². The Balaban J connectivity index is 1.56. The minimum Gasteiger partial charge on any atom is -0.358 e. The van der Waals surface area contributed by atoms with Crippen molar-refractivity contribution in [2.75, 3.05) is 26.2 Å². The van der Waals surface area contributed by atoms with Crippen LogP contribution in [0, 0.1) is 17.0 Å². The topological polar surface area (TPSA) is 84.5 Å². The molecule has 144 valence electrons. The Labute approximate surface area is 170 Å². The van der Waals surface area contributed by atoms with Crippen LogP contribution in [-0.2, 0) is 17.9 Å². The third-order valence-corrected chi connectivity index (χ3v) is 5.76. The number of nitrogens with zero attached hydrogens (tertiary/aromatic N) is 5. The van der Waals surface area contributed by atoms with E-state index in [1.54, 1.807) is 11.8 Å². The number of piperazine rings is 1. The molecule has 0 aliphatic carbocycles. The maximum atomic E-state index is 12.6. The first-order chi connectivity index (χ1) is 12.8. The molecule has 1 amide bonds. The van der Waals surface area contributed by atoms with Gasteiger partial charge >= 0.3 is 5.82 Å². The molecule has 1 fully saturated rings. The van der Waals surface area contributed by atoms with Gasteiger partial charge in [-0.1, -0.05) is 23.7 Å². The minimum absolute atomic E-state index is 0.00737. The van der Waals surface area contributed by atoms with E-state index in [0.717, 1.165) is 30.2 Å². The van der Waals surface area contributed by atoms with Gasteiger partial charge in [0.05, 0.1) is 10.8 Å². The average molecular weight is 457 g/mol. The summed E-state index contributed by atoms with van der Waals surface area (Å²) in [6.45, 7) is 5.24. The molecule has 2 heterocycles. The van der Waals surface area contributed by atoms with Crippen molar-refractivity contribution in [2.24, 2.45) is 0 Å². The number of halogens is 2. The van der Waals surface area contributed by atoms with Gasteiger partial charge in [0.15, 0.2) is 0 Å². The Bertz CT molecular complexity index is 864. The van der Waals surface area contributed by atoms with Crippen molar-refractivity contribution in [1.29, 1.82) is 0 Å². The van der Waals surface area contributed by atoms with Crippen LogP contribution in [0.5, 0.6) is 0 Å². The van der Waals surface area contributed by atoms with Crippen molar-refractivity contribution in [3.8, 4) is 0 Å². The predicted octanol–water partition coefficient (Wildman–Crippen LogP) is 2.86. The van der Waals surface area contributed by atoms with Gasteiger partial charge < -0.3 is 15.0 Å². The average Bonchev–Trinajstić information content (AvgIpc) is 2.91. The van der Waals surface area contributed by atoms with Gasteiger partial charge in [0, 0.05) is 37.7 Å². The van der Waals surface area contributed by atoms with E-state index in [4.69, 9.17) is 11.6 Å². The van der Waals surface area contributed by atoms with Crippen LogP contribution in [0.4, 0.5) is 5.82 Å². The van der Waals surface area contributed by atoms with Gasteiger partial charge in [-0.3, -0.25) is 9.69 Å². The first kappa shape index (κ1) is 19.8. The van der Waals surface area contributed by atoms with Crippen LogP contribution in [0.15, 0.2) is 28.7 Å². The number of aromatic nitrogens is 2. The lowest BCUT2D eigenvalue weighted by molar-refractivity contribution is -0.390. The summed E-state index contributed by atoms with van der Waals surface area (Å²) in [5, 5.41) is 15.6. The summed E-state index contributed by atoms with van der Waals surface area (Å²) in [6, 6.07) is 7.77. The van der Waals surface area contributed by atoms with Gasteiger partial charge in [-0.15, -0.1) is 0 Å². The second kappa shape index (κ2) is 8.37. The summed E-state index contributed by atoms with van der Waals surface area (Å²) < 4.78 is 1.69. The highest BCUT2D eigenvalue weighted by atomic mass is 79.9. The Morgan fingerprint density at radius 2 is 2.04 bits per heavy atom. The van der Waals surface area contributed by atoms with Crippen molar-refractivity contribution in [3.05, 3.63) is 55.1 Å². The second-order valence-electron chi connectivity index (χ2n) is 6.42. The van der Waals surface area contributed by atoms with E-state index in [9.17, 15) is 14.9 Å². The summed E-state index contributed by atoms with van der Waals surface area (Å²) in [7, 11) is 0. The number of carbonyl (C=O) groups is 1. The molecule has 1 saturated heterocycles. The number of hydrogen-bond acceptors (Lipinski definition) is 5. The zero-order valence-corrected chi connectivity index (χ0v) is 17.1. The van der Waals surface area contributed by atoms with E-state index in [1.807, 2.05) is 24.3 Å². The number of amides is 1. The first-order valence-electron chi connectivity index (χ1n) is 8.47. The molecular formula is C17H19BrClN5O3. The normalized spacial score (nSPS) is 15.1. The lowest BCUT2D eigenvalue weighted by Crippen LogP contribution is -2.49. The zero-order valence-electron chi connectivity index (χ0n) is 14.8. The smallest absolute Gasteiger partial charge is 0.358 e. The van der Waals surface area contributed by atoms with Gasteiger partial charge in [0.2, 0.25) is 5.91 Å². The quantitative estimate of drug-likeness (QED) is 0.510. The van der Waals surface area contributed by atoms with E-state index in [-0.39, 0.29) is 18.3 Å². The van der Waals surface area contributed by atoms with E-state index < -0.39 is 4.92 Å². The molecule has 0 saturated carbocycles. The number of rotatable bonds is 5. The molecule has 1 aromatic carbocycles.